The number of thiazole rings is 1. The van der Waals surface area contributed by atoms with E-state index in [0.717, 1.165) is 23.4 Å². The zero-order valence-corrected chi connectivity index (χ0v) is 11.9. The topological polar surface area (TPSA) is 59.3 Å². The van der Waals surface area contributed by atoms with E-state index < -0.39 is 5.97 Å². The summed E-state index contributed by atoms with van der Waals surface area (Å²) in [5.74, 6) is -0.812. The predicted octanol–water partition coefficient (Wildman–Crippen LogP) is 2.60. The van der Waals surface area contributed by atoms with Crippen molar-refractivity contribution in [2.45, 2.75) is 32.2 Å². The van der Waals surface area contributed by atoms with Crippen molar-refractivity contribution >= 4 is 28.6 Å². The molecule has 0 saturated heterocycles. The highest BCUT2D eigenvalue weighted by Gasteiger charge is 2.23. The average molecular weight is 295 g/mol. The van der Waals surface area contributed by atoms with E-state index in [4.69, 9.17) is 5.11 Å². The van der Waals surface area contributed by atoms with Gasteiger partial charge in [-0.2, -0.15) is 0 Å². The molecule has 0 radical (unpaired) electrons. The van der Waals surface area contributed by atoms with Gasteiger partial charge in [-0.15, -0.1) is 11.3 Å². The maximum Gasteiger partial charge on any atom is 0.307 e. The lowest BCUT2D eigenvalue weighted by Gasteiger charge is -2.14. The third-order valence-corrected chi connectivity index (χ3v) is 5.34. The van der Waals surface area contributed by atoms with Crippen molar-refractivity contribution in [3.63, 3.8) is 0 Å². The van der Waals surface area contributed by atoms with Gasteiger partial charge in [-0.25, -0.2) is 0 Å². The second-order valence-corrected chi connectivity index (χ2v) is 6.59. The van der Waals surface area contributed by atoms with E-state index in [2.05, 4.69) is 11.4 Å². The summed E-state index contributed by atoms with van der Waals surface area (Å²) in [7, 11) is 0. The molecule has 2 aromatic rings. The van der Waals surface area contributed by atoms with Gasteiger partial charge in [0.2, 0.25) is 0 Å². The molecule has 1 aliphatic rings. The van der Waals surface area contributed by atoms with Gasteiger partial charge in [0, 0.05) is 28.3 Å². The summed E-state index contributed by atoms with van der Waals surface area (Å²) < 4.78 is 1.76. The van der Waals surface area contributed by atoms with Gasteiger partial charge in [0.25, 0.3) is 0 Å². The molecule has 6 heteroatoms. The van der Waals surface area contributed by atoms with Crippen LogP contribution in [0.5, 0.6) is 0 Å². The quantitative estimate of drug-likeness (QED) is 0.943. The molecule has 0 aliphatic heterocycles. The Kier molecular flexibility index (Phi) is 3.28. The lowest BCUT2D eigenvalue weighted by molar-refractivity contribution is -0.137. The van der Waals surface area contributed by atoms with E-state index in [1.165, 1.54) is 21.8 Å². The van der Waals surface area contributed by atoms with Crippen LogP contribution >= 0.6 is 22.7 Å². The highest BCUT2D eigenvalue weighted by Crippen LogP contribution is 2.37. The van der Waals surface area contributed by atoms with Crippen LogP contribution < -0.4 is 4.87 Å². The highest BCUT2D eigenvalue weighted by molar-refractivity contribution is 7.11. The number of carboxylic acid groups (broad SMARTS) is 1. The Balaban J connectivity index is 1.96. The summed E-state index contributed by atoms with van der Waals surface area (Å²) in [6.45, 7) is 0.492. The van der Waals surface area contributed by atoms with Crippen molar-refractivity contribution in [2.24, 2.45) is 0 Å². The Hall–Kier alpha value is -1.40. The van der Waals surface area contributed by atoms with Crippen LogP contribution in [0.15, 0.2) is 16.2 Å². The van der Waals surface area contributed by atoms with Crippen molar-refractivity contribution in [1.29, 1.82) is 0 Å². The molecular formula is C13H13NO3S2. The zero-order valence-electron chi connectivity index (χ0n) is 10.2. The molecule has 4 nitrogen and oxygen atoms in total. The van der Waals surface area contributed by atoms with E-state index in [1.807, 2.05) is 0 Å². The number of rotatable bonds is 4. The molecule has 0 bridgehead atoms. The Morgan fingerprint density at radius 2 is 2.16 bits per heavy atom. The summed E-state index contributed by atoms with van der Waals surface area (Å²) in [5, 5.41) is 10.8. The number of hydrogen-bond acceptors (Lipinski definition) is 4. The van der Waals surface area contributed by atoms with Crippen molar-refractivity contribution in [3.8, 4) is 11.3 Å². The number of carbonyl (C=O) groups is 1. The third kappa shape index (κ3) is 2.26. The van der Waals surface area contributed by atoms with Gasteiger partial charge in [-0.05, 0) is 30.7 Å². The Morgan fingerprint density at radius 3 is 2.95 bits per heavy atom. The van der Waals surface area contributed by atoms with Gasteiger partial charge in [-0.1, -0.05) is 11.3 Å². The van der Waals surface area contributed by atoms with E-state index in [9.17, 15) is 9.59 Å². The summed E-state index contributed by atoms with van der Waals surface area (Å²) in [5.41, 5.74) is 2.20. The van der Waals surface area contributed by atoms with Crippen LogP contribution in [0.1, 0.15) is 22.6 Å². The predicted molar refractivity (Wildman–Crippen MR) is 76.2 cm³/mol. The highest BCUT2D eigenvalue weighted by atomic mass is 32.1. The summed E-state index contributed by atoms with van der Waals surface area (Å²) in [6.07, 6.45) is 2.54. The molecule has 1 aliphatic carbocycles. The molecule has 0 atom stereocenters. The largest absolute Gasteiger partial charge is 0.481 e. The Morgan fingerprint density at radius 1 is 1.37 bits per heavy atom. The molecule has 19 heavy (non-hydrogen) atoms. The van der Waals surface area contributed by atoms with Gasteiger partial charge in [0.15, 0.2) is 0 Å². The normalized spacial score (nSPS) is 13.1. The first-order valence-electron chi connectivity index (χ1n) is 6.18. The van der Waals surface area contributed by atoms with Crippen molar-refractivity contribution in [1.82, 2.24) is 4.57 Å². The van der Waals surface area contributed by atoms with Gasteiger partial charge >= 0.3 is 10.8 Å². The molecule has 0 saturated carbocycles. The van der Waals surface area contributed by atoms with Gasteiger partial charge in [-0.3, -0.25) is 14.2 Å². The van der Waals surface area contributed by atoms with Crippen molar-refractivity contribution in [3.05, 3.63) is 30.9 Å². The van der Waals surface area contributed by atoms with Crippen LogP contribution in [0, 0.1) is 0 Å². The molecule has 0 amide bonds. The second kappa shape index (κ2) is 4.94. The summed E-state index contributed by atoms with van der Waals surface area (Å²) in [6, 6.07) is 2.07. The van der Waals surface area contributed by atoms with Gasteiger partial charge in [0.05, 0.1) is 5.69 Å². The fourth-order valence-corrected chi connectivity index (χ4v) is 4.38. The first-order valence-corrected chi connectivity index (χ1v) is 7.87. The maximum absolute atomic E-state index is 12.1. The second-order valence-electron chi connectivity index (χ2n) is 4.55. The zero-order chi connectivity index (χ0) is 13.4. The molecule has 3 rings (SSSR count). The van der Waals surface area contributed by atoms with Crippen LogP contribution in [0.2, 0.25) is 0 Å². The SMILES string of the molecule is O=C(O)CCCn1c2c(sc1=O)CCc1sccc1-2. The number of carboxylic acids is 1. The van der Waals surface area contributed by atoms with E-state index in [1.54, 1.807) is 15.9 Å². The Bertz CT molecular complexity index is 680. The number of thiophene rings is 1. The first-order chi connectivity index (χ1) is 9.16. The number of aryl methyl sites for hydroxylation is 2. The third-order valence-electron chi connectivity index (χ3n) is 3.32. The van der Waals surface area contributed by atoms with Crippen LogP contribution in [0.3, 0.4) is 0 Å². The minimum absolute atomic E-state index is 0.0365. The average Bonchev–Trinajstić information content (AvgIpc) is 2.93. The van der Waals surface area contributed by atoms with Crippen LogP contribution in [-0.4, -0.2) is 15.6 Å². The number of fused-ring (bicyclic) bond motifs is 3. The standard InChI is InChI=1S/C13H13NO3S2/c15-11(16)2-1-6-14-12-8-5-7-18-9(8)3-4-10(12)19-13(14)17/h5,7H,1-4,6H2,(H,15,16). The number of aromatic nitrogens is 1. The molecule has 2 aromatic heterocycles. The molecule has 0 aromatic carbocycles. The molecule has 1 N–H and O–H groups in total. The van der Waals surface area contributed by atoms with E-state index in [0.29, 0.717) is 13.0 Å². The molecule has 100 valence electrons. The van der Waals surface area contributed by atoms with E-state index >= 15 is 0 Å². The fraction of sp³-hybridized carbons (Fsp3) is 0.385. The molecule has 0 fully saturated rings. The summed E-state index contributed by atoms with van der Waals surface area (Å²) in [4.78, 5) is 25.1. The smallest absolute Gasteiger partial charge is 0.307 e. The van der Waals surface area contributed by atoms with Crippen molar-refractivity contribution in [2.75, 3.05) is 0 Å². The first kappa shape index (κ1) is 12.6. The van der Waals surface area contributed by atoms with Crippen LogP contribution in [0.25, 0.3) is 11.3 Å². The Labute approximate surface area is 117 Å². The molecule has 0 unspecified atom stereocenters. The van der Waals surface area contributed by atoms with E-state index in [-0.39, 0.29) is 11.3 Å². The minimum Gasteiger partial charge on any atom is -0.481 e. The lowest BCUT2D eigenvalue weighted by atomic mass is 10.0. The number of aliphatic carboxylic acids is 1. The van der Waals surface area contributed by atoms with Crippen LogP contribution in [-0.2, 0) is 24.2 Å². The van der Waals surface area contributed by atoms with Gasteiger partial charge in [0.1, 0.15) is 0 Å². The number of nitrogens with zero attached hydrogens (tertiary/aromatic N) is 1. The van der Waals surface area contributed by atoms with Gasteiger partial charge < -0.3 is 5.11 Å². The summed E-state index contributed by atoms with van der Waals surface area (Å²) >= 11 is 3.04. The lowest BCUT2D eigenvalue weighted by Crippen LogP contribution is -2.16. The molecular weight excluding hydrogens is 282 g/mol. The maximum atomic E-state index is 12.1. The monoisotopic (exact) mass is 295 g/mol. The molecule has 2 heterocycles. The number of hydrogen-bond donors (Lipinski definition) is 1. The fourth-order valence-electron chi connectivity index (χ4n) is 2.48. The van der Waals surface area contributed by atoms with Crippen LogP contribution in [0.4, 0.5) is 0 Å². The van der Waals surface area contributed by atoms with Crippen molar-refractivity contribution < 1.29 is 9.90 Å². The minimum atomic E-state index is -0.812. The molecule has 0 spiro atoms.